The average Bonchev–Trinajstić information content (AvgIpc) is 2.68. The predicted octanol–water partition coefficient (Wildman–Crippen LogP) is 0.951. The average molecular weight is 233 g/mol. The molecule has 1 saturated heterocycles. The van der Waals surface area contributed by atoms with Gasteiger partial charge < -0.3 is 10.2 Å². The van der Waals surface area contributed by atoms with E-state index in [9.17, 15) is 9.59 Å². The van der Waals surface area contributed by atoms with Crippen LogP contribution in [-0.2, 0) is 9.59 Å². The van der Waals surface area contributed by atoms with Crippen LogP contribution in [0.5, 0.6) is 0 Å². The Morgan fingerprint density at radius 1 is 1.53 bits per heavy atom. The van der Waals surface area contributed by atoms with Gasteiger partial charge in [-0.2, -0.15) is 0 Å². The number of carbonyl (C=O) groups excluding carboxylic acids is 2. The highest BCUT2D eigenvalue weighted by Crippen LogP contribution is 2.09. The SMILES string of the molecule is Cc1ccc(NC(=O)CN2CCCC2=O)nc1. The number of pyridine rings is 1. The van der Waals surface area contributed by atoms with E-state index in [4.69, 9.17) is 0 Å². The maximum atomic E-state index is 11.7. The van der Waals surface area contributed by atoms with E-state index in [1.165, 1.54) is 0 Å². The second-order valence-electron chi connectivity index (χ2n) is 4.19. The van der Waals surface area contributed by atoms with Crippen molar-refractivity contribution in [2.24, 2.45) is 0 Å². The fraction of sp³-hybridized carbons (Fsp3) is 0.417. The van der Waals surface area contributed by atoms with Gasteiger partial charge in [-0.1, -0.05) is 6.07 Å². The maximum Gasteiger partial charge on any atom is 0.245 e. The number of carbonyl (C=O) groups is 2. The highest BCUT2D eigenvalue weighted by Gasteiger charge is 2.22. The van der Waals surface area contributed by atoms with Gasteiger partial charge in [0, 0.05) is 19.2 Å². The van der Waals surface area contributed by atoms with Crippen LogP contribution >= 0.6 is 0 Å². The van der Waals surface area contributed by atoms with Gasteiger partial charge in [0.25, 0.3) is 0 Å². The van der Waals surface area contributed by atoms with Gasteiger partial charge in [-0.25, -0.2) is 4.98 Å². The minimum absolute atomic E-state index is 0.0528. The summed E-state index contributed by atoms with van der Waals surface area (Å²) in [5, 5.41) is 2.67. The number of hydrogen-bond acceptors (Lipinski definition) is 3. The summed E-state index contributed by atoms with van der Waals surface area (Å²) in [5.74, 6) is 0.376. The number of rotatable bonds is 3. The highest BCUT2D eigenvalue weighted by atomic mass is 16.2. The zero-order valence-electron chi connectivity index (χ0n) is 9.77. The smallest absolute Gasteiger partial charge is 0.245 e. The van der Waals surface area contributed by atoms with Crippen molar-refractivity contribution in [3.8, 4) is 0 Å². The highest BCUT2D eigenvalue weighted by molar-refractivity contribution is 5.94. The first kappa shape index (κ1) is 11.6. The lowest BCUT2D eigenvalue weighted by Crippen LogP contribution is -2.34. The lowest BCUT2D eigenvalue weighted by molar-refractivity contribution is -0.131. The molecule has 0 bridgehead atoms. The van der Waals surface area contributed by atoms with Crippen molar-refractivity contribution in [1.82, 2.24) is 9.88 Å². The molecular formula is C12H15N3O2. The van der Waals surface area contributed by atoms with Gasteiger partial charge >= 0.3 is 0 Å². The van der Waals surface area contributed by atoms with Crippen LogP contribution in [0.15, 0.2) is 18.3 Å². The van der Waals surface area contributed by atoms with Gasteiger partial charge in [0.05, 0.1) is 6.54 Å². The Balaban J connectivity index is 1.88. The Kier molecular flexibility index (Phi) is 3.37. The van der Waals surface area contributed by atoms with E-state index >= 15 is 0 Å². The molecule has 5 heteroatoms. The molecule has 2 heterocycles. The van der Waals surface area contributed by atoms with Crippen LogP contribution in [0.25, 0.3) is 0 Å². The second-order valence-corrected chi connectivity index (χ2v) is 4.19. The lowest BCUT2D eigenvalue weighted by Gasteiger charge is -2.14. The summed E-state index contributed by atoms with van der Waals surface area (Å²) in [6.07, 6.45) is 3.08. The standard InChI is InChI=1S/C12H15N3O2/c1-9-4-5-10(13-7-9)14-11(16)8-15-6-2-3-12(15)17/h4-5,7H,2-3,6,8H2,1H3,(H,13,14,16). The van der Waals surface area contributed by atoms with Crippen molar-refractivity contribution in [3.63, 3.8) is 0 Å². The third kappa shape index (κ3) is 3.03. The summed E-state index contributed by atoms with van der Waals surface area (Å²) in [4.78, 5) is 28.6. The minimum Gasteiger partial charge on any atom is -0.333 e. The molecule has 1 N–H and O–H groups in total. The van der Waals surface area contributed by atoms with E-state index in [0.29, 0.717) is 18.8 Å². The summed E-state index contributed by atoms with van der Waals surface area (Å²) >= 11 is 0. The topological polar surface area (TPSA) is 62.3 Å². The van der Waals surface area contributed by atoms with Crippen LogP contribution < -0.4 is 5.32 Å². The van der Waals surface area contributed by atoms with E-state index in [-0.39, 0.29) is 18.4 Å². The first-order chi connectivity index (χ1) is 8.15. The maximum absolute atomic E-state index is 11.7. The van der Waals surface area contributed by atoms with E-state index in [0.717, 1.165) is 12.0 Å². The molecule has 0 radical (unpaired) electrons. The van der Waals surface area contributed by atoms with Crippen molar-refractivity contribution in [2.75, 3.05) is 18.4 Å². The van der Waals surface area contributed by atoms with E-state index in [1.807, 2.05) is 13.0 Å². The molecule has 17 heavy (non-hydrogen) atoms. The van der Waals surface area contributed by atoms with Crippen molar-refractivity contribution in [3.05, 3.63) is 23.9 Å². The molecule has 0 unspecified atom stereocenters. The normalized spacial score (nSPS) is 15.1. The van der Waals surface area contributed by atoms with E-state index in [1.54, 1.807) is 17.2 Å². The van der Waals surface area contributed by atoms with Gasteiger partial charge in [0.1, 0.15) is 5.82 Å². The van der Waals surface area contributed by atoms with Gasteiger partial charge in [-0.05, 0) is 25.0 Å². The predicted molar refractivity (Wildman–Crippen MR) is 63.4 cm³/mol. The Morgan fingerprint density at radius 2 is 2.35 bits per heavy atom. The zero-order valence-corrected chi connectivity index (χ0v) is 9.77. The first-order valence-corrected chi connectivity index (χ1v) is 5.65. The van der Waals surface area contributed by atoms with Crippen LogP contribution in [-0.4, -0.2) is 34.8 Å². The molecule has 2 rings (SSSR count). The quantitative estimate of drug-likeness (QED) is 0.845. The second kappa shape index (κ2) is 4.95. The molecule has 0 atom stereocenters. The van der Waals surface area contributed by atoms with Crippen LogP contribution in [0.4, 0.5) is 5.82 Å². The van der Waals surface area contributed by atoms with Gasteiger partial charge in [-0.15, -0.1) is 0 Å². The molecule has 1 aromatic rings. The van der Waals surface area contributed by atoms with Gasteiger partial charge in [0.2, 0.25) is 11.8 Å². The lowest BCUT2D eigenvalue weighted by atomic mass is 10.3. The zero-order chi connectivity index (χ0) is 12.3. The molecule has 1 fully saturated rings. The molecule has 5 nitrogen and oxygen atoms in total. The molecule has 1 aliphatic heterocycles. The number of nitrogens with one attached hydrogen (secondary N) is 1. The van der Waals surface area contributed by atoms with Gasteiger partial charge in [-0.3, -0.25) is 9.59 Å². The summed E-state index contributed by atoms with van der Waals surface area (Å²) in [6, 6.07) is 3.63. The van der Waals surface area contributed by atoms with Crippen LogP contribution in [0.2, 0.25) is 0 Å². The summed E-state index contributed by atoms with van der Waals surface area (Å²) in [6.45, 7) is 2.73. The van der Waals surface area contributed by atoms with Crippen molar-refractivity contribution < 1.29 is 9.59 Å². The Bertz CT molecular complexity index is 428. The number of aryl methyl sites for hydroxylation is 1. The molecule has 2 amide bonds. The summed E-state index contributed by atoms with van der Waals surface area (Å²) < 4.78 is 0. The third-order valence-corrected chi connectivity index (χ3v) is 2.68. The van der Waals surface area contributed by atoms with Crippen LogP contribution in [0.3, 0.4) is 0 Å². The van der Waals surface area contributed by atoms with Crippen molar-refractivity contribution in [2.45, 2.75) is 19.8 Å². The Labute approximate surface area is 99.8 Å². The summed E-state index contributed by atoms with van der Waals surface area (Å²) in [7, 11) is 0. The molecule has 0 aliphatic carbocycles. The Morgan fingerprint density at radius 3 is 2.94 bits per heavy atom. The molecule has 0 spiro atoms. The fourth-order valence-electron chi connectivity index (χ4n) is 1.77. The van der Waals surface area contributed by atoms with E-state index in [2.05, 4.69) is 10.3 Å². The van der Waals surface area contributed by atoms with Crippen molar-refractivity contribution in [1.29, 1.82) is 0 Å². The van der Waals surface area contributed by atoms with Crippen molar-refractivity contribution >= 4 is 17.6 Å². The van der Waals surface area contributed by atoms with Gasteiger partial charge in [0.15, 0.2) is 0 Å². The molecule has 0 saturated carbocycles. The number of nitrogens with zero attached hydrogens (tertiary/aromatic N) is 2. The number of likely N-dealkylation sites (tertiary alicyclic amines) is 1. The molecular weight excluding hydrogens is 218 g/mol. The number of anilines is 1. The Hall–Kier alpha value is -1.91. The number of amides is 2. The van der Waals surface area contributed by atoms with E-state index < -0.39 is 0 Å². The largest absolute Gasteiger partial charge is 0.333 e. The molecule has 0 aromatic carbocycles. The summed E-state index contributed by atoms with van der Waals surface area (Å²) in [5.41, 5.74) is 1.04. The minimum atomic E-state index is -0.198. The molecule has 90 valence electrons. The number of hydrogen-bond donors (Lipinski definition) is 1. The molecule has 1 aromatic heterocycles. The van der Waals surface area contributed by atoms with Crippen LogP contribution in [0, 0.1) is 6.92 Å². The fourth-order valence-corrected chi connectivity index (χ4v) is 1.77. The van der Waals surface area contributed by atoms with Crippen LogP contribution in [0.1, 0.15) is 18.4 Å². The molecule has 1 aliphatic rings. The third-order valence-electron chi connectivity index (χ3n) is 2.68. The number of aromatic nitrogens is 1. The monoisotopic (exact) mass is 233 g/mol. The first-order valence-electron chi connectivity index (χ1n) is 5.65.